The van der Waals surface area contributed by atoms with Gasteiger partial charge in [-0.15, -0.1) is 0 Å². The molecule has 2 fully saturated rings. The Morgan fingerprint density at radius 1 is 1.31 bits per heavy atom. The molecule has 2 aliphatic rings. The van der Waals surface area contributed by atoms with Gasteiger partial charge in [0.1, 0.15) is 14.2 Å². The molecular weight excluding hydrogens is 360 g/mol. The standard InChI is InChI=1S/C16H26N2O7Si/c1-9-7-18(12(21)17-11(9)20)16(26(5,6)13(2,3)4)15(23)14(22,25-15)10(8-19)24-16/h7,10,19,22-23H,8H2,1-6H3,(H,17,20,21)/t10-,14-,15-,16?/m1/s1. The Kier molecular flexibility index (Phi) is 3.85. The number of H-pyrrole nitrogens is 1. The van der Waals surface area contributed by atoms with Gasteiger partial charge >= 0.3 is 5.69 Å². The van der Waals surface area contributed by atoms with Gasteiger partial charge in [0.2, 0.25) is 0 Å². The molecule has 4 N–H and O–H groups in total. The Hall–Kier alpha value is -1.30. The first kappa shape index (κ1) is 19.5. The fourth-order valence-electron chi connectivity index (χ4n) is 3.72. The molecule has 2 aliphatic heterocycles. The van der Waals surface area contributed by atoms with Gasteiger partial charge < -0.3 is 24.8 Å². The molecule has 4 atom stereocenters. The van der Waals surface area contributed by atoms with Crippen molar-refractivity contribution in [2.45, 2.75) is 68.9 Å². The lowest BCUT2D eigenvalue weighted by molar-refractivity contribution is -0.213. The van der Waals surface area contributed by atoms with Crippen LogP contribution < -0.4 is 11.2 Å². The van der Waals surface area contributed by atoms with Gasteiger partial charge in [-0.05, 0) is 12.0 Å². The maximum atomic E-state index is 12.7. The lowest BCUT2D eigenvalue weighted by Crippen LogP contribution is -2.70. The fraction of sp³-hybridized carbons (Fsp3) is 0.750. The van der Waals surface area contributed by atoms with Crippen molar-refractivity contribution in [2.75, 3.05) is 6.61 Å². The zero-order valence-electron chi connectivity index (χ0n) is 15.8. The van der Waals surface area contributed by atoms with Crippen molar-refractivity contribution in [3.05, 3.63) is 32.6 Å². The third-order valence-electron chi connectivity index (χ3n) is 6.30. The van der Waals surface area contributed by atoms with Gasteiger partial charge in [0.15, 0.2) is 5.35 Å². The molecular formula is C16H26N2O7Si. The van der Waals surface area contributed by atoms with Crippen molar-refractivity contribution in [3.8, 4) is 0 Å². The molecule has 1 aromatic heterocycles. The highest BCUT2D eigenvalue weighted by atomic mass is 28.3. The van der Waals surface area contributed by atoms with E-state index in [4.69, 9.17) is 9.47 Å². The van der Waals surface area contributed by atoms with Crippen LogP contribution in [0.15, 0.2) is 15.8 Å². The lowest BCUT2D eigenvalue weighted by Gasteiger charge is -2.51. The highest BCUT2D eigenvalue weighted by Gasteiger charge is 2.93. The maximum Gasteiger partial charge on any atom is 0.330 e. The van der Waals surface area contributed by atoms with Crippen LogP contribution in [0.25, 0.3) is 0 Å². The van der Waals surface area contributed by atoms with Crippen LogP contribution in [-0.4, -0.2) is 57.2 Å². The normalized spacial score (nSPS) is 36.9. The number of rotatable bonds is 3. The number of hydrogen-bond acceptors (Lipinski definition) is 7. The average molecular weight is 386 g/mol. The van der Waals surface area contributed by atoms with Gasteiger partial charge in [-0.1, -0.05) is 33.9 Å². The minimum Gasteiger partial charge on any atom is -0.393 e. The Bertz CT molecular complexity index is 873. The molecule has 0 spiro atoms. The first-order valence-corrected chi connectivity index (χ1v) is 11.5. The second-order valence-electron chi connectivity index (χ2n) is 8.69. The van der Waals surface area contributed by atoms with Crippen LogP contribution in [0.5, 0.6) is 0 Å². The summed E-state index contributed by atoms with van der Waals surface area (Å²) in [5.41, 5.74) is -1.09. The molecule has 0 amide bonds. The van der Waals surface area contributed by atoms with Crippen LogP contribution in [0, 0.1) is 6.92 Å². The van der Waals surface area contributed by atoms with Gasteiger partial charge in [0, 0.05) is 11.8 Å². The van der Waals surface area contributed by atoms with Crippen molar-refractivity contribution in [1.29, 1.82) is 0 Å². The van der Waals surface area contributed by atoms with Crippen molar-refractivity contribution >= 4 is 8.07 Å². The number of epoxide rings is 1. The molecule has 2 saturated heterocycles. The molecule has 0 saturated carbocycles. The number of nitrogens with zero attached hydrogens (tertiary/aromatic N) is 1. The molecule has 0 aromatic carbocycles. The van der Waals surface area contributed by atoms with E-state index in [-0.39, 0.29) is 5.56 Å². The van der Waals surface area contributed by atoms with E-state index in [1.54, 1.807) is 0 Å². The van der Waals surface area contributed by atoms with E-state index in [9.17, 15) is 24.9 Å². The van der Waals surface area contributed by atoms with Crippen molar-refractivity contribution in [3.63, 3.8) is 0 Å². The number of aliphatic hydroxyl groups excluding tert-OH is 1. The van der Waals surface area contributed by atoms with Gasteiger partial charge in [0.25, 0.3) is 17.1 Å². The summed E-state index contributed by atoms with van der Waals surface area (Å²) in [5.74, 6) is -4.34. The van der Waals surface area contributed by atoms with Crippen molar-refractivity contribution in [2.24, 2.45) is 0 Å². The van der Waals surface area contributed by atoms with E-state index in [0.29, 0.717) is 0 Å². The van der Waals surface area contributed by atoms with Crippen LogP contribution in [0.4, 0.5) is 0 Å². The number of aromatic amines is 1. The zero-order valence-corrected chi connectivity index (χ0v) is 16.8. The molecule has 1 unspecified atom stereocenters. The molecule has 10 heteroatoms. The van der Waals surface area contributed by atoms with Crippen LogP contribution in [0.2, 0.25) is 18.1 Å². The van der Waals surface area contributed by atoms with E-state index in [0.717, 1.165) is 4.57 Å². The zero-order chi connectivity index (χ0) is 19.9. The van der Waals surface area contributed by atoms with E-state index in [2.05, 4.69) is 4.98 Å². The minimum atomic E-state index is -2.86. The fourth-order valence-corrected chi connectivity index (χ4v) is 7.02. The Morgan fingerprint density at radius 2 is 1.88 bits per heavy atom. The van der Waals surface area contributed by atoms with E-state index >= 15 is 0 Å². The summed E-state index contributed by atoms with van der Waals surface area (Å²) >= 11 is 0. The summed E-state index contributed by atoms with van der Waals surface area (Å²) in [6.45, 7) is 10.6. The molecule has 0 aliphatic carbocycles. The number of aryl methyl sites for hydroxylation is 1. The monoisotopic (exact) mass is 386 g/mol. The first-order valence-electron chi connectivity index (χ1n) is 8.46. The van der Waals surface area contributed by atoms with Crippen molar-refractivity contribution < 1.29 is 24.8 Å². The summed E-state index contributed by atoms with van der Waals surface area (Å²) < 4.78 is 12.5. The van der Waals surface area contributed by atoms with Crippen LogP contribution in [0.3, 0.4) is 0 Å². The Labute approximate surface area is 151 Å². The minimum absolute atomic E-state index is 0.242. The Balaban J connectivity index is 2.40. The average Bonchev–Trinajstić information content (AvgIpc) is 3.01. The highest BCUT2D eigenvalue weighted by Crippen LogP contribution is 2.68. The second kappa shape index (κ2) is 5.15. The van der Waals surface area contributed by atoms with Crippen molar-refractivity contribution in [1.82, 2.24) is 9.55 Å². The number of ether oxygens (including phenoxy) is 2. The summed E-state index contributed by atoms with van der Waals surface area (Å²) in [6.07, 6.45) is 0.0716. The van der Waals surface area contributed by atoms with Gasteiger partial charge in [-0.3, -0.25) is 14.3 Å². The number of aromatic nitrogens is 2. The molecule has 3 heterocycles. The number of aliphatic hydroxyl groups is 3. The first-order chi connectivity index (χ1) is 11.7. The van der Waals surface area contributed by atoms with E-state index in [1.165, 1.54) is 13.1 Å². The van der Waals surface area contributed by atoms with Gasteiger partial charge in [0.05, 0.1) is 6.61 Å². The SMILES string of the molecule is Cc1cn(C2([Si](C)(C)C(C)(C)C)O[C@H](CO)[C@@]3(O)O[C@@]23O)c(=O)[nH]c1=O. The third-order valence-corrected chi connectivity index (χ3v) is 12.4. The summed E-state index contributed by atoms with van der Waals surface area (Å²) in [6, 6.07) is 0. The number of nitrogens with one attached hydrogen (secondary N) is 1. The molecule has 9 nitrogen and oxygen atoms in total. The predicted octanol–water partition coefficient (Wildman–Crippen LogP) is -0.656. The molecule has 0 bridgehead atoms. The van der Waals surface area contributed by atoms with Crippen LogP contribution in [-0.2, 0) is 14.8 Å². The molecule has 146 valence electrons. The second-order valence-corrected chi connectivity index (χ2v) is 14.1. The number of hydrogen-bond donors (Lipinski definition) is 4. The summed E-state index contributed by atoms with van der Waals surface area (Å²) in [7, 11) is -2.86. The molecule has 3 rings (SSSR count). The quantitative estimate of drug-likeness (QED) is 0.400. The number of fused-ring (bicyclic) bond motifs is 1. The molecule has 0 radical (unpaired) electrons. The Morgan fingerprint density at radius 3 is 2.35 bits per heavy atom. The van der Waals surface area contributed by atoms with E-state index in [1.807, 2.05) is 33.9 Å². The largest absolute Gasteiger partial charge is 0.393 e. The third kappa shape index (κ3) is 1.97. The summed E-state index contributed by atoms with van der Waals surface area (Å²) in [5, 5.41) is 29.4. The smallest absolute Gasteiger partial charge is 0.330 e. The van der Waals surface area contributed by atoms with Gasteiger partial charge in [-0.25, -0.2) is 4.79 Å². The highest BCUT2D eigenvalue weighted by molar-refractivity contribution is 6.82. The molecule has 26 heavy (non-hydrogen) atoms. The summed E-state index contributed by atoms with van der Waals surface area (Å²) in [4.78, 5) is 26.8. The molecule has 1 aromatic rings. The maximum absolute atomic E-state index is 12.7. The van der Waals surface area contributed by atoms with Gasteiger partial charge in [-0.2, -0.15) is 0 Å². The lowest BCUT2D eigenvalue weighted by atomic mass is 10.1. The predicted molar refractivity (Wildman–Crippen MR) is 94.2 cm³/mol. The van der Waals surface area contributed by atoms with Crippen LogP contribution >= 0.6 is 0 Å². The van der Waals surface area contributed by atoms with E-state index < -0.39 is 54.0 Å². The van der Waals surface area contributed by atoms with Crippen LogP contribution in [0.1, 0.15) is 26.3 Å². The topological polar surface area (TPSA) is 137 Å².